The van der Waals surface area contributed by atoms with Gasteiger partial charge in [0, 0.05) is 17.8 Å². The Labute approximate surface area is 143 Å². The number of aromatic nitrogens is 3. The van der Waals surface area contributed by atoms with Gasteiger partial charge in [-0.3, -0.25) is 9.59 Å². The van der Waals surface area contributed by atoms with Gasteiger partial charge in [-0.2, -0.15) is 14.8 Å². The van der Waals surface area contributed by atoms with Crippen molar-refractivity contribution in [3.63, 3.8) is 0 Å². The van der Waals surface area contributed by atoms with E-state index >= 15 is 0 Å². The third-order valence-corrected chi connectivity index (χ3v) is 3.82. The van der Waals surface area contributed by atoms with Crippen LogP contribution in [0.3, 0.4) is 0 Å². The van der Waals surface area contributed by atoms with Gasteiger partial charge in [-0.05, 0) is 27.2 Å². The maximum atomic E-state index is 12.3. The minimum atomic E-state index is -0.451. The number of hydrogen-bond donors (Lipinski definition) is 1. The van der Waals surface area contributed by atoms with Gasteiger partial charge >= 0.3 is 0 Å². The van der Waals surface area contributed by atoms with Crippen molar-refractivity contribution >= 4 is 29.3 Å². The normalized spacial score (nSPS) is 17.3. The number of rotatable bonds is 3. The van der Waals surface area contributed by atoms with Crippen molar-refractivity contribution in [1.82, 2.24) is 14.9 Å². The summed E-state index contributed by atoms with van der Waals surface area (Å²) in [5.74, 6) is -0.0111. The average Bonchev–Trinajstić information content (AvgIpc) is 3.13. The highest BCUT2D eigenvalue weighted by molar-refractivity contribution is 6.15. The smallest absolute Gasteiger partial charge is 0.279 e. The molecule has 2 amide bonds. The second kappa shape index (κ2) is 6.42. The van der Waals surface area contributed by atoms with Gasteiger partial charge < -0.3 is 9.84 Å². The second-order valence-electron chi connectivity index (χ2n) is 5.82. The van der Waals surface area contributed by atoms with Crippen LogP contribution in [0.5, 0.6) is 0 Å². The summed E-state index contributed by atoms with van der Waals surface area (Å²) < 4.78 is 6.24. The van der Waals surface area contributed by atoms with Crippen LogP contribution in [0.15, 0.2) is 26.6 Å². The average molecular weight is 342 g/mol. The van der Waals surface area contributed by atoms with Crippen LogP contribution in [0.4, 0.5) is 5.82 Å². The molecule has 1 N–H and O–H groups in total. The summed E-state index contributed by atoms with van der Waals surface area (Å²) >= 11 is 0. The first-order chi connectivity index (χ1) is 11.9. The van der Waals surface area contributed by atoms with Gasteiger partial charge in [0.15, 0.2) is 5.69 Å². The Kier molecular flexibility index (Phi) is 4.30. The molecule has 2 aromatic rings. The molecule has 0 aromatic carbocycles. The Morgan fingerprint density at radius 1 is 1.28 bits per heavy atom. The molecule has 0 aliphatic carbocycles. The van der Waals surface area contributed by atoms with E-state index in [1.165, 1.54) is 10.7 Å². The minimum absolute atomic E-state index is 0.131. The summed E-state index contributed by atoms with van der Waals surface area (Å²) in [6, 6.07) is 3.19. The Bertz CT molecular complexity index is 905. The van der Waals surface area contributed by atoms with Crippen molar-refractivity contribution in [2.45, 2.75) is 34.1 Å². The number of hydrogen-bond acceptors (Lipinski definition) is 6. The molecule has 3 heterocycles. The van der Waals surface area contributed by atoms with Crippen molar-refractivity contribution in [3.05, 3.63) is 29.3 Å². The highest BCUT2D eigenvalue weighted by Crippen LogP contribution is 2.18. The second-order valence-corrected chi connectivity index (χ2v) is 5.82. The van der Waals surface area contributed by atoms with Gasteiger partial charge in [0.1, 0.15) is 11.6 Å². The molecule has 2 aromatic heterocycles. The molecule has 130 valence electrons. The fourth-order valence-corrected chi connectivity index (χ4v) is 2.58. The summed E-state index contributed by atoms with van der Waals surface area (Å²) in [4.78, 5) is 32.8. The Morgan fingerprint density at radius 2 is 2.04 bits per heavy atom. The van der Waals surface area contributed by atoms with E-state index in [1.54, 1.807) is 26.8 Å². The Hall–Kier alpha value is -3.10. The van der Waals surface area contributed by atoms with Crippen molar-refractivity contribution in [3.8, 4) is 0 Å². The Balaban J connectivity index is 1.92. The number of carbonyl (C=O) groups excluding carboxylic acids is 2. The van der Waals surface area contributed by atoms with E-state index in [1.807, 2.05) is 6.92 Å². The van der Waals surface area contributed by atoms with Gasteiger partial charge in [0.05, 0.1) is 11.6 Å². The van der Waals surface area contributed by atoms with Crippen molar-refractivity contribution in [2.24, 2.45) is 15.9 Å². The van der Waals surface area contributed by atoms with Gasteiger partial charge in [-0.25, -0.2) is 4.99 Å². The third kappa shape index (κ3) is 3.25. The number of amides is 2. The first-order valence-electron chi connectivity index (χ1n) is 7.88. The van der Waals surface area contributed by atoms with E-state index < -0.39 is 5.91 Å². The van der Waals surface area contributed by atoms with E-state index in [9.17, 15) is 9.59 Å². The lowest BCUT2D eigenvalue weighted by atomic mass is 10.00. The molecule has 0 saturated heterocycles. The number of anilines is 1. The zero-order valence-corrected chi connectivity index (χ0v) is 14.4. The van der Waals surface area contributed by atoms with E-state index in [0.29, 0.717) is 29.4 Å². The van der Waals surface area contributed by atoms with Gasteiger partial charge in [0.2, 0.25) is 0 Å². The molecule has 9 nitrogen and oxygen atoms in total. The Morgan fingerprint density at radius 3 is 2.64 bits per heavy atom. The minimum Gasteiger partial charge on any atom is -0.361 e. The van der Waals surface area contributed by atoms with E-state index in [4.69, 9.17) is 4.52 Å². The standard InChI is InChI=1S/C16H18N6O3/c1-5-11-10(4)17-16(19-14(11)23)22-13(6-8(2)20-22)18-15(24)12-7-9(3)25-21-12/h6-7,11H,5H2,1-4H3,(H,18,24). The van der Waals surface area contributed by atoms with Gasteiger partial charge in [-0.15, -0.1) is 0 Å². The summed E-state index contributed by atoms with van der Waals surface area (Å²) in [5, 5.41) is 10.6. The molecule has 0 fully saturated rings. The zero-order valence-electron chi connectivity index (χ0n) is 14.4. The lowest BCUT2D eigenvalue weighted by molar-refractivity contribution is -0.119. The summed E-state index contributed by atoms with van der Waals surface area (Å²) in [5.41, 5.74) is 1.47. The molecule has 0 bridgehead atoms. The van der Waals surface area contributed by atoms with Crippen LogP contribution >= 0.6 is 0 Å². The first-order valence-corrected chi connectivity index (χ1v) is 7.88. The van der Waals surface area contributed by atoms with Crippen LogP contribution in [0, 0.1) is 19.8 Å². The fraction of sp³-hybridized carbons (Fsp3) is 0.375. The number of aryl methyl sites for hydroxylation is 2. The zero-order chi connectivity index (χ0) is 18.1. The van der Waals surface area contributed by atoms with Crippen LogP contribution < -0.4 is 5.32 Å². The van der Waals surface area contributed by atoms with Crippen LogP contribution in [0.25, 0.3) is 0 Å². The lowest BCUT2D eigenvalue weighted by Crippen LogP contribution is -2.30. The summed E-state index contributed by atoms with van der Waals surface area (Å²) in [6.07, 6.45) is 0.637. The maximum absolute atomic E-state index is 12.3. The molecular formula is C16H18N6O3. The van der Waals surface area contributed by atoms with Crippen LogP contribution in [-0.2, 0) is 4.79 Å². The number of aliphatic imine (C=N–C) groups is 2. The fourth-order valence-electron chi connectivity index (χ4n) is 2.58. The van der Waals surface area contributed by atoms with Gasteiger partial charge in [0.25, 0.3) is 17.8 Å². The van der Waals surface area contributed by atoms with Crippen LogP contribution in [0.1, 0.15) is 42.2 Å². The highest BCUT2D eigenvalue weighted by Gasteiger charge is 2.26. The molecule has 1 aliphatic rings. The molecular weight excluding hydrogens is 324 g/mol. The van der Waals surface area contributed by atoms with Crippen molar-refractivity contribution < 1.29 is 14.1 Å². The van der Waals surface area contributed by atoms with Crippen LogP contribution in [-0.4, -0.2) is 38.4 Å². The predicted octanol–water partition coefficient (Wildman–Crippen LogP) is 1.97. The van der Waals surface area contributed by atoms with E-state index in [2.05, 4.69) is 25.6 Å². The molecule has 0 saturated carbocycles. The quantitative estimate of drug-likeness (QED) is 0.915. The molecule has 3 rings (SSSR count). The monoisotopic (exact) mass is 342 g/mol. The topological polar surface area (TPSA) is 115 Å². The summed E-state index contributed by atoms with van der Waals surface area (Å²) in [7, 11) is 0. The maximum Gasteiger partial charge on any atom is 0.279 e. The number of nitrogens with zero attached hydrogens (tertiary/aromatic N) is 5. The third-order valence-electron chi connectivity index (χ3n) is 3.82. The highest BCUT2D eigenvalue weighted by atomic mass is 16.5. The van der Waals surface area contributed by atoms with Gasteiger partial charge in [-0.1, -0.05) is 12.1 Å². The van der Waals surface area contributed by atoms with Crippen molar-refractivity contribution in [2.75, 3.05) is 5.32 Å². The molecule has 0 spiro atoms. The molecule has 9 heteroatoms. The summed E-state index contributed by atoms with van der Waals surface area (Å²) in [6.45, 7) is 7.16. The number of nitrogens with one attached hydrogen (secondary N) is 1. The van der Waals surface area contributed by atoms with E-state index in [-0.39, 0.29) is 23.5 Å². The first kappa shape index (κ1) is 16.7. The molecule has 1 atom stereocenters. The molecule has 1 aliphatic heterocycles. The molecule has 0 radical (unpaired) electrons. The lowest BCUT2D eigenvalue weighted by Gasteiger charge is -2.17. The van der Waals surface area contributed by atoms with E-state index in [0.717, 1.165) is 0 Å². The predicted molar refractivity (Wildman–Crippen MR) is 90.9 cm³/mol. The van der Waals surface area contributed by atoms with Crippen molar-refractivity contribution in [1.29, 1.82) is 0 Å². The van der Waals surface area contributed by atoms with Crippen LogP contribution in [0.2, 0.25) is 0 Å². The molecule has 25 heavy (non-hydrogen) atoms. The largest absolute Gasteiger partial charge is 0.361 e. The SMILES string of the molecule is CCC1C(=O)N=C(n2nc(C)cc2NC(=O)c2cc(C)on2)N=C1C. The number of carbonyl (C=O) groups is 2. The molecule has 1 unspecified atom stereocenters.